The number of ether oxygens (including phenoxy) is 1. The molecule has 1 aromatic carbocycles. The fourth-order valence-corrected chi connectivity index (χ4v) is 2.95. The van der Waals surface area contributed by atoms with Crippen LogP contribution in [0.5, 0.6) is 5.75 Å². The fourth-order valence-electron chi connectivity index (χ4n) is 2.95. The molecule has 0 spiro atoms. The summed E-state index contributed by atoms with van der Waals surface area (Å²) in [5, 5.41) is 0. The monoisotopic (exact) mass is 311 g/mol. The van der Waals surface area contributed by atoms with Gasteiger partial charge in [0.15, 0.2) is 0 Å². The average molecular weight is 311 g/mol. The summed E-state index contributed by atoms with van der Waals surface area (Å²) < 4.78 is 5.91. The van der Waals surface area contributed by atoms with E-state index in [-0.39, 0.29) is 5.60 Å². The quantitative estimate of drug-likeness (QED) is 0.658. The molecule has 23 heavy (non-hydrogen) atoms. The van der Waals surface area contributed by atoms with Crippen molar-refractivity contribution in [2.75, 3.05) is 0 Å². The van der Waals surface area contributed by atoms with Gasteiger partial charge in [-0.15, -0.1) is 0 Å². The highest BCUT2D eigenvalue weighted by atomic mass is 16.5. The number of hydrogen-bond donors (Lipinski definition) is 0. The van der Waals surface area contributed by atoms with Crippen LogP contribution in [0.4, 0.5) is 0 Å². The Morgan fingerprint density at radius 1 is 0.957 bits per heavy atom. The van der Waals surface area contributed by atoms with Crippen molar-refractivity contribution in [2.45, 2.75) is 64.9 Å². The van der Waals surface area contributed by atoms with Crippen LogP contribution in [0.3, 0.4) is 0 Å². The van der Waals surface area contributed by atoms with Crippen molar-refractivity contribution in [1.29, 1.82) is 0 Å². The smallest absolute Gasteiger partial charge is 0.120 e. The zero-order chi connectivity index (χ0) is 16.9. The summed E-state index contributed by atoms with van der Waals surface area (Å²) in [5.74, 6) is 2.05. The lowest BCUT2D eigenvalue weighted by molar-refractivity contribution is 0.131. The SMILES string of the molecule is CCC(CC(C)c1ccncc1)c1ccc(OC(C)(C)C)cc1. The Morgan fingerprint density at radius 3 is 2.09 bits per heavy atom. The van der Waals surface area contributed by atoms with E-state index in [9.17, 15) is 0 Å². The summed E-state index contributed by atoms with van der Waals surface area (Å²) >= 11 is 0. The van der Waals surface area contributed by atoms with Crippen LogP contribution in [0, 0.1) is 0 Å². The fraction of sp³-hybridized carbons (Fsp3) is 0.476. The molecule has 2 heteroatoms. The molecule has 0 saturated carbocycles. The molecule has 2 unspecified atom stereocenters. The minimum Gasteiger partial charge on any atom is -0.488 e. The van der Waals surface area contributed by atoms with Crippen molar-refractivity contribution >= 4 is 0 Å². The standard InChI is InChI=1S/C21H29NO/c1-6-17(15-16(2)18-11-13-22-14-12-18)19-7-9-20(10-8-19)23-21(3,4)5/h7-14,16-17H,6,15H2,1-5H3. The van der Waals surface area contributed by atoms with Gasteiger partial charge in [-0.1, -0.05) is 26.0 Å². The molecule has 1 aromatic heterocycles. The Balaban J connectivity index is 2.06. The number of rotatable bonds is 6. The molecule has 0 fully saturated rings. The number of aromatic nitrogens is 1. The van der Waals surface area contributed by atoms with Gasteiger partial charge in [-0.25, -0.2) is 0 Å². The summed E-state index contributed by atoms with van der Waals surface area (Å²) in [6, 6.07) is 12.9. The van der Waals surface area contributed by atoms with Gasteiger partial charge in [-0.3, -0.25) is 4.98 Å². The molecule has 0 bridgehead atoms. The van der Waals surface area contributed by atoms with Crippen LogP contribution >= 0.6 is 0 Å². The molecule has 124 valence electrons. The first kappa shape index (κ1) is 17.5. The highest BCUT2D eigenvalue weighted by molar-refractivity contribution is 5.30. The Morgan fingerprint density at radius 2 is 1.57 bits per heavy atom. The number of hydrogen-bond acceptors (Lipinski definition) is 2. The van der Waals surface area contributed by atoms with E-state index in [2.05, 4.69) is 76.0 Å². The van der Waals surface area contributed by atoms with E-state index in [1.165, 1.54) is 11.1 Å². The zero-order valence-corrected chi connectivity index (χ0v) is 15.0. The van der Waals surface area contributed by atoms with Gasteiger partial charge in [0.25, 0.3) is 0 Å². The van der Waals surface area contributed by atoms with Crippen molar-refractivity contribution in [1.82, 2.24) is 4.98 Å². The van der Waals surface area contributed by atoms with Crippen LogP contribution < -0.4 is 4.74 Å². The van der Waals surface area contributed by atoms with E-state index in [0.29, 0.717) is 11.8 Å². The minimum absolute atomic E-state index is 0.151. The van der Waals surface area contributed by atoms with E-state index < -0.39 is 0 Å². The van der Waals surface area contributed by atoms with E-state index >= 15 is 0 Å². The van der Waals surface area contributed by atoms with Gasteiger partial charge in [-0.05, 0) is 80.8 Å². The summed E-state index contributed by atoms with van der Waals surface area (Å²) in [5.41, 5.74) is 2.61. The average Bonchev–Trinajstić information content (AvgIpc) is 2.52. The molecule has 2 nitrogen and oxygen atoms in total. The molecule has 1 heterocycles. The summed E-state index contributed by atoms with van der Waals surface area (Å²) in [6.45, 7) is 10.8. The maximum atomic E-state index is 5.91. The lowest BCUT2D eigenvalue weighted by Crippen LogP contribution is -2.22. The maximum absolute atomic E-state index is 5.91. The highest BCUT2D eigenvalue weighted by Crippen LogP contribution is 2.32. The van der Waals surface area contributed by atoms with Crippen molar-refractivity contribution in [3.8, 4) is 5.75 Å². The molecular formula is C21H29NO. The molecule has 2 aromatic rings. The maximum Gasteiger partial charge on any atom is 0.120 e. The second-order valence-corrected chi connectivity index (χ2v) is 7.31. The second-order valence-electron chi connectivity index (χ2n) is 7.31. The van der Waals surface area contributed by atoms with Gasteiger partial charge in [0, 0.05) is 12.4 Å². The molecule has 2 rings (SSSR count). The number of pyridine rings is 1. The minimum atomic E-state index is -0.151. The van der Waals surface area contributed by atoms with Gasteiger partial charge in [0.1, 0.15) is 11.4 Å². The number of nitrogens with zero attached hydrogens (tertiary/aromatic N) is 1. The van der Waals surface area contributed by atoms with Crippen LogP contribution in [0.2, 0.25) is 0 Å². The molecular weight excluding hydrogens is 282 g/mol. The zero-order valence-electron chi connectivity index (χ0n) is 15.0. The second kappa shape index (κ2) is 7.63. The Kier molecular flexibility index (Phi) is 5.81. The lowest BCUT2D eigenvalue weighted by Gasteiger charge is -2.23. The Bertz CT molecular complexity index is 583. The summed E-state index contributed by atoms with van der Waals surface area (Å²) in [4.78, 5) is 4.11. The predicted octanol–water partition coefficient (Wildman–Crippen LogP) is 5.95. The molecule has 0 aliphatic rings. The topological polar surface area (TPSA) is 22.1 Å². The van der Waals surface area contributed by atoms with Crippen LogP contribution in [-0.4, -0.2) is 10.6 Å². The van der Waals surface area contributed by atoms with Crippen LogP contribution in [0.15, 0.2) is 48.8 Å². The molecule has 0 aliphatic heterocycles. The third-order valence-corrected chi connectivity index (χ3v) is 4.18. The molecule has 0 N–H and O–H groups in total. The molecule has 0 saturated heterocycles. The van der Waals surface area contributed by atoms with Crippen molar-refractivity contribution in [3.05, 3.63) is 59.9 Å². The third kappa shape index (κ3) is 5.38. The van der Waals surface area contributed by atoms with E-state index in [4.69, 9.17) is 4.74 Å². The van der Waals surface area contributed by atoms with Crippen LogP contribution in [-0.2, 0) is 0 Å². The first-order valence-corrected chi connectivity index (χ1v) is 8.58. The van der Waals surface area contributed by atoms with Gasteiger partial charge >= 0.3 is 0 Å². The normalized spacial score (nSPS) is 14.3. The first-order chi connectivity index (χ1) is 10.9. The molecule has 0 aliphatic carbocycles. The van der Waals surface area contributed by atoms with Gasteiger partial charge < -0.3 is 4.74 Å². The first-order valence-electron chi connectivity index (χ1n) is 8.58. The Labute approximate surface area is 140 Å². The van der Waals surface area contributed by atoms with Gasteiger partial charge in [0.05, 0.1) is 0 Å². The lowest BCUT2D eigenvalue weighted by atomic mass is 9.85. The number of benzene rings is 1. The van der Waals surface area contributed by atoms with Crippen LogP contribution in [0.1, 0.15) is 70.4 Å². The molecule has 0 radical (unpaired) electrons. The highest BCUT2D eigenvalue weighted by Gasteiger charge is 2.16. The molecule has 0 amide bonds. The van der Waals surface area contributed by atoms with E-state index in [1.54, 1.807) is 0 Å². The van der Waals surface area contributed by atoms with E-state index in [1.807, 2.05) is 12.4 Å². The van der Waals surface area contributed by atoms with Crippen molar-refractivity contribution < 1.29 is 4.74 Å². The summed E-state index contributed by atoms with van der Waals surface area (Å²) in [6.07, 6.45) is 6.06. The Hall–Kier alpha value is -1.83. The van der Waals surface area contributed by atoms with Gasteiger partial charge in [-0.2, -0.15) is 0 Å². The third-order valence-electron chi connectivity index (χ3n) is 4.18. The van der Waals surface area contributed by atoms with Crippen molar-refractivity contribution in [3.63, 3.8) is 0 Å². The largest absolute Gasteiger partial charge is 0.488 e. The van der Waals surface area contributed by atoms with Crippen LogP contribution in [0.25, 0.3) is 0 Å². The molecule has 2 atom stereocenters. The summed E-state index contributed by atoms with van der Waals surface area (Å²) in [7, 11) is 0. The van der Waals surface area contributed by atoms with Crippen molar-refractivity contribution in [2.24, 2.45) is 0 Å². The predicted molar refractivity (Wildman–Crippen MR) is 97.1 cm³/mol. The van der Waals surface area contributed by atoms with Gasteiger partial charge in [0.2, 0.25) is 0 Å². The van der Waals surface area contributed by atoms with E-state index in [0.717, 1.165) is 18.6 Å².